The molecule has 0 aliphatic carbocycles. The Labute approximate surface area is 69.5 Å². The molecule has 62 valence electrons. The van der Waals surface area contributed by atoms with Gasteiger partial charge in [0.2, 0.25) is 5.91 Å². The summed E-state index contributed by atoms with van der Waals surface area (Å²) in [6, 6.07) is 1.56. The number of nitrogens with one attached hydrogen (secondary N) is 1. The van der Waals surface area contributed by atoms with Gasteiger partial charge in [0.05, 0.1) is 6.20 Å². The van der Waals surface area contributed by atoms with Gasteiger partial charge in [-0.15, -0.1) is 16.8 Å². The van der Waals surface area contributed by atoms with Crippen LogP contribution in [0.5, 0.6) is 0 Å². The van der Waals surface area contributed by atoms with E-state index >= 15 is 0 Å². The first-order chi connectivity index (χ1) is 5.83. The van der Waals surface area contributed by atoms with Crippen LogP contribution in [0.4, 0.5) is 5.82 Å². The van der Waals surface area contributed by atoms with E-state index < -0.39 is 0 Å². The summed E-state index contributed by atoms with van der Waals surface area (Å²) >= 11 is 0. The van der Waals surface area contributed by atoms with Crippen molar-refractivity contribution in [1.29, 1.82) is 0 Å². The van der Waals surface area contributed by atoms with Crippen LogP contribution in [0.25, 0.3) is 0 Å². The summed E-state index contributed by atoms with van der Waals surface area (Å²) in [6.07, 6.45) is 3.24. The van der Waals surface area contributed by atoms with Gasteiger partial charge in [0, 0.05) is 12.5 Å². The topological polar surface area (TPSA) is 67.8 Å². The Morgan fingerprint density at radius 1 is 1.75 bits per heavy atom. The Morgan fingerprint density at radius 2 is 2.58 bits per heavy atom. The van der Waals surface area contributed by atoms with Gasteiger partial charge in [-0.2, -0.15) is 0 Å². The Morgan fingerprint density at radius 3 is 3.17 bits per heavy atom. The van der Waals surface area contributed by atoms with Gasteiger partial charge in [0.1, 0.15) is 0 Å². The third kappa shape index (κ3) is 2.45. The van der Waals surface area contributed by atoms with E-state index in [-0.39, 0.29) is 12.3 Å². The first-order valence-electron chi connectivity index (χ1n) is 3.38. The van der Waals surface area contributed by atoms with Crippen molar-refractivity contribution in [2.75, 3.05) is 5.32 Å². The number of carbonyl (C=O) groups excluding carboxylic acids is 1. The van der Waals surface area contributed by atoms with Gasteiger partial charge in [-0.25, -0.2) is 0 Å². The van der Waals surface area contributed by atoms with E-state index in [4.69, 9.17) is 0 Å². The van der Waals surface area contributed by atoms with Gasteiger partial charge in [-0.05, 0) is 5.21 Å². The second-order valence-corrected chi connectivity index (χ2v) is 2.05. The van der Waals surface area contributed by atoms with Crippen LogP contribution in [0.1, 0.15) is 6.42 Å². The molecule has 0 radical (unpaired) electrons. The fourth-order valence-corrected chi connectivity index (χ4v) is 0.633. The molecule has 0 aliphatic rings. The highest BCUT2D eigenvalue weighted by molar-refractivity contribution is 5.90. The summed E-state index contributed by atoms with van der Waals surface area (Å²) in [7, 11) is 0. The summed E-state index contributed by atoms with van der Waals surface area (Å²) < 4.78 is 0. The molecule has 1 rings (SSSR count). The second kappa shape index (κ2) is 4.17. The quantitative estimate of drug-likeness (QED) is 0.656. The molecule has 5 heteroatoms. The molecule has 0 spiro atoms. The Bertz CT molecular complexity index is 272. The maximum Gasteiger partial charge on any atom is 0.229 e. The third-order valence-electron chi connectivity index (χ3n) is 1.10. The molecular formula is C7H8N4O. The number of rotatable bonds is 3. The largest absolute Gasteiger partial charge is 0.309 e. The van der Waals surface area contributed by atoms with Crippen LogP contribution >= 0.6 is 0 Å². The number of aromatic nitrogens is 3. The Kier molecular flexibility index (Phi) is 2.89. The van der Waals surface area contributed by atoms with E-state index in [2.05, 4.69) is 27.3 Å². The van der Waals surface area contributed by atoms with Crippen LogP contribution < -0.4 is 5.32 Å². The zero-order valence-electron chi connectivity index (χ0n) is 6.40. The van der Waals surface area contributed by atoms with Crippen molar-refractivity contribution in [1.82, 2.24) is 15.4 Å². The normalized spacial score (nSPS) is 9.00. The summed E-state index contributed by atoms with van der Waals surface area (Å²) in [6.45, 7) is 3.43. The summed E-state index contributed by atoms with van der Waals surface area (Å²) in [4.78, 5) is 10.9. The first kappa shape index (κ1) is 8.32. The van der Waals surface area contributed by atoms with Crippen LogP contribution in [0.15, 0.2) is 24.9 Å². The number of amides is 1. The Balaban J connectivity index is 2.52. The lowest BCUT2D eigenvalue weighted by molar-refractivity contribution is -0.115. The minimum Gasteiger partial charge on any atom is -0.309 e. The molecule has 0 atom stereocenters. The maximum absolute atomic E-state index is 10.9. The van der Waals surface area contributed by atoms with Gasteiger partial charge in [0.15, 0.2) is 5.82 Å². The zero-order valence-corrected chi connectivity index (χ0v) is 6.40. The van der Waals surface area contributed by atoms with Gasteiger partial charge >= 0.3 is 0 Å². The standard InChI is InChI=1S/C7H8N4O/c1-2-3-7(12)9-6-4-5-8-11-10-6/h2,4-5H,1,3H2,(H,8,9,10,12). The number of nitrogens with zero attached hydrogens (tertiary/aromatic N) is 3. The van der Waals surface area contributed by atoms with Crippen molar-refractivity contribution in [2.24, 2.45) is 0 Å². The van der Waals surface area contributed by atoms with E-state index in [0.717, 1.165) is 0 Å². The fourth-order valence-electron chi connectivity index (χ4n) is 0.633. The molecule has 5 nitrogen and oxygen atoms in total. The van der Waals surface area contributed by atoms with Crippen LogP contribution in [-0.2, 0) is 4.79 Å². The number of hydrogen-bond acceptors (Lipinski definition) is 4. The molecule has 12 heavy (non-hydrogen) atoms. The van der Waals surface area contributed by atoms with Crippen molar-refractivity contribution in [3.63, 3.8) is 0 Å². The molecule has 1 heterocycles. The van der Waals surface area contributed by atoms with Crippen molar-refractivity contribution in [2.45, 2.75) is 6.42 Å². The van der Waals surface area contributed by atoms with Gasteiger partial charge in [-0.3, -0.25) is 4.79 Å². The molecule has 1 N–H and O–H groups in total. The van der Waals surface area contributed by atoms with Crippen LogP contribution in [-0.4, -0.2) is 21.3 Å². The van der Waals surface area contributed by atoms with E-state index in [1.165, 1.54) is 12.3 Å². The lowest BCUT2D eigenvalue weighted by atomic mass is 10.4. The van der Waals surface area contributed by atoms with Crippen molar-refractivity contribution < 1.29 is 4.79 Å². The van der Waals surface area contributed by atoms with Crippen molar-refractivity contribution in [3.05, 3.63) is 24.9 Å². The fraction of sp³-hybridized carbons (Fsp3) is 0.143. The van der Waals surface area contributed by atoms with Gasteiger partial charge < -0.3 is 5.32 Å². The van der Waals surface area contributed by atoms with Crippen LogP contribution in [0.3, 0.4) is 0 Å². The Hall–Kier alpha value is -1.78. The molecule has 1 aromatic rings. The molecule has 0 bridgehead atoms. The minimum atomic E-state index is -0.162. The monoisotopic (exact) mass is 164 g/mol. The molecule has 0 saturated heterocycles. The first-order valence-corrected chi connectivity index (χ1v) is 3.38. The summed E-state index contributed by atoms with van der Waals surface area (Å²) in [5.74, 6) is 0.238. The van der Waals surface area contributed by atoms with Crippen molar-refractivity contribution in [3.8, 4) is 0 Å². The zero-order chi connectivity index (χ0) is 8.81. The van der Waals surface area contributed by atoms with E-state index in [1.54, 1.807) is 6.07 Å². The molecule has 0 saturated carbocycles. The molecular weight excluding hydrogens is 156 g/mol. The smallest absolute Gasteiger partial charge is 0.229 e. The van der Waals surface area contributed by atoms with Gasteiger partial charge in [-0.1, -0.05) is 6.08 Å². The van der Waals surface area contributed by atoms with E-state index in [0.29, 0.717) is 5.82 Å². The lowest BCUT2D eigenvalue weighted by Crippen LogP contribution is -2.11. The highest BCUT2D eigenvalue weighted by Gasteiger charge is 1.99. The SMILES string of the molecule is C=CCC(=O)Nc1ccnnn1. The second-order valence-electron chi connectivity index (χ2n) is 2.05. The van der Waals surface area contributed by atoms with Crippen molar-refractivity contribution >= 4 is 11.7 Å². The highest BCUT2D eigenvalue weighted by atomic mass is 16.1. The van der Waals surface area contributed by atoms with Crippen LogP contribution in [0, 0.1) is 0 Å². The highest BCUT2D eigenvalue weighted by Crippen LogP contribution is 1.97. The lowest BCUT2D eigenvalue weighted by Gasteiger charge is -1.98. The predicted octanol–water partition coefficient (Wildman–Crippen LogP) is 0.386. The molecule has 0 aliphatic heterocycles. The predicted molar refractivity (Wildman–Crippen MR) is 43.3 cm³/mol. The summed E-state index contributed by atoms with van der Waals surface area (Å²) in [5.41, 5.74) is 0. The molecule has 0 unspecified atom stereocenters. The number of anilines is 1. The third-order valence-corrected chi connectivity index (χ3v) is 1.10. The minimum absolute atomic E-state index is 0.162. The molecule has 0 aromatic carbocycles. The average molecular weight is 164 g/mol. The number of carbonyl (C=O) groups is 1. The average Bonchev–Trinajstić information content (AvgIpc) is 2.06. The molecule has 0 fully saturated rings. The maximum atomic E-state index is 10.9. The van der Waals surface area contributed by atoms with E-state index in [9.17, 15) is 4.79 Å². The van der Waals surface area contributed by atoms with E-state index in [1.807, 2.05) is 0 Å². The van der Waals surface area contributed by atoms with Crippen LogP contribution in [0.2, 0.25) is 0 Å². The summed E-state index contributed by atoms with van der Waals surface area (Å²) in [5, 5.41) is 12.9. The molecule has 1 amide bonds. The van der Waals surface area contributed by atoms with Gasteiger partial charge in [0.25, 0.3) is 0 Å². The molecule has 1 aromatic heterocycles. The number of hydrogen-bond donors (Lipinski definition) is 1.